The molecule has 2 nitrogen and oxygen atoms in total. The standard InChI is InChI=1S/C14H20ClNOS/c1-14(2)5-6-16(7-8-18-14)13-4-3-12(15)9-11(13)10-17/h3-4,9,17H,5-8,10H2,1-2H3. The van der Waals surface area contributed by atoms with Gasteiger partial charge in [-0.15, -0.1) is 0 Å². The molecule has 4 heteroatoms. The van der Waals surface area contributed by atoms with Crippen LogP contribution in [0.15, 0.2) is 18.2 Å². The maximum Gasteiger partial charge on any atom is 0.0702 e. The van der Waals surface area contributed by atoms with Gasteiger partial charge in [0.2, 0.25) is 0 Å². The largest absolute Gasteiger partial charge is 0.392 e. The van der Waals surface area contributed by atoms with E-state index >= 15 is 0 Å². The molecule has 0 atom stereocenters. The molecule has 0 saturated carbocycles. The summed E-state index contributed by atoms with van der Waals surface area (Å²) in [6, 6.07) is 5.79. The molecular formula is C14H20ClNOS. The molecule has 0 aliphatic carbocycles. The molecule has 0 amide bonds. The normalized spacial score (nSPS) is 19.7. The molecule has 0 radical (unpaired) electrons. The minimum absolute atomic E-state index is 0.0446. The highest BCUT2D eigenvalue weighted by molar-refractivity contribution is 8.00. The predicted molar refractivity (Wildman–Crippen MR) is 80.7 cm³/mol. The Hall–Kier alpha value is -0.380. The van der Waals surface area contributed by atoms with E-state index in [0.29, 0.717) is 9.77 Å². The average Bonchev–Trinajstić information content (AvgIpc) is 2.50. The zero-order chi connectivity index (χ0) is 13.2. The summed E-state index contributed by atoms with van der Waals surface area (Å²) in [6.45, 7) is 6.71. The molecule has 1 heterocycles. The second-order valence-electron chi connectivity index (χ2n) is 5.28. The van der Waals surface area contributed by atoms with Crippen LogP contribution in [0.1, 0.15) is 25.8 Å². The van der Waals surface area contributed by atoms with E-state index < -0.39 is 0 Å². The monoisotopic (exact) mass is 285 g/mol. The Kier molecular flexibility index (Phi) is 4.46. The fraction of sp³-hybridized carbons (Fsp3) is 0.571. The molecule has 0 unspecified atom stereocenters. The van der Waals surface area contributed by atoms with Crippen molar-refractivity contribution < 1.29 is 5.11 Å². The van der Waals surface area contributed by atoms with Gasteiger partial charge in [-0.3, -0.25) is 0 Å². The van der Waals surface area contributed by atoms with Crippen LogP contribution in [0.4, 0.5) is 5.69 Å². The molecule has 0 spiro atoms. The van der Waals surface area contributed by atoms with Crippen LogP contribution in [-0.4, -0.2) is 28.7 Å². The molecule has 1 fully saturated rings. The van der Waals surface area contributed by atoms with Gasteiger partial charge < -0.3 is 10.0 Å². The molecule has 1 aromatic carbocycles. The first-order chi connectivity index (χ1) is 8.52. The van der Waals surface area contributed by atoms with Gasteiger partial charge in [0, 0.05) is 39.9 Å². The van der Waals surface area contributed by atoms with Crippen LogP contribution in [-0.2, 0) is 6.61 Å². The summed E-state index contributed by atoms with van der Waals surface area (Å²) < 4.78 is 0.348. The van der Waals surface area contributed by atoms with Crippen LogP contribution in [0.25, 0.3) is 0 Å². The number of benzene rings is 1. The Morgan fingerprint density at radius 2 is 2.17 bits per heavy atom. The van der Waals surface area contributed by atoms with Crippen LogP contribution >= 0.6 is 23.4 Å². The van der Waals surface area contributed by atoms with Crippen molar-refractivity contribution in [3.05, 3.63) is 28.8 Å². The smallest absolute Gasteiger partial charge is 0.0702 e. The molecule has 2 rings (SSSR count). The van der Waals surface area contributed by atoms with Crippen molar-refractivity contribution in [3.63, 3.8) is 0 Å². The van der Waals surface area contributed by atoms with E-state index in [1.807, 2.05) is 30.0 Å². The van der Waals surface area contributed by atoms with Gasteiger partial charge in [-0.2, -0.15) is 11.8 Å². The van der Waals surface area contributed by atoms with Gasteiger partial charge in [0.25, 0.3) is 0 Å². The fourth-order valence-corrected chi connectivity index (χ4v) is 3.55. The molecule has 100 valence electrons. The summed E-state index contributed by atoms with van der Waals surface area (Å²) in [4.78, 5) is 2.36. The van der Waals surface area contributed by atoms with Gasteiger partial charge in [0.1, 0.15) is 0 Å². The van der Waals surface area contributed by atoms with Gasteiger partial charge >= 0.3 is 0 Å². The third-order valence-electron chi connectivity index (χ3n) is 3.39. The Labute approximate surface area is 118 Å². The van der Waals surface area contributed by atoms with Crippen molar-refractivity contribution in [3.8, 4) is 0 Å². The van der Waals surface area contributed by atoms with Crippen LogP contribution in [0, 0.1) is 0 Å². The Bertz CT molecular complexity index is 422. The predicted octanol–water partition coefficient (Wildman–Crippen LogP) is 3.55. The van der Waals surface area contributed by atoms with E-state index in [9.17, 15) is 5.11 Å². The summed E-state index contributed by atoms with van der Waals surface area (Å²) >= 11 is 8.00. The van der Waals surface area contributed by atoms with E-state index in [4.69, 9.17) is 11.6 Å². The first-order valence-electron chi connectivity index (χ1n) is 6.30. The van der Waals surface area contributed by atoms with Crippen molar-refractivity contribution in [2.45, 2.75) is 31.6 Å². The lowest BCUT2D eigenvalue weighted by Gasteiger charge is -2.26. The lowest BCUT2D eigenvalue weighted by atomic mass is 10.1. The second kappa shape index (κ2) is 5.72. The lowest BCUT2D eigenvalue weighted by Crippen LogP contribution is -2.27. The first-order valence-corrected chi connectivity index (χ1v) is 7.66. The number of hydrogen-bond acceptors (Lipinski definition) is 3. The summed E-state index contributed by atoms with van der Waals surface area (Å²) in [5.74, 6) is 1.13. The first kappa shape index (κ1) is 14.0. The number of aliphatic hydroxyl groups is 1. The van der Waals surface area contributed by atoms with E-state index in [-0.39, 0.29) is 6.61 Å². The number of thioether (sulfide) groups is 1. The highest BCUT2D eigenvalue weighted by Gasteiger charge is 2.24. The Morgan fingerprint density at radius 3 is 2.89 bits per heavy atom. The maximum absolute atomic E-state index is 9.46. The lowest BCUT2D eigenvalue weighted by molar-refractivity contribution is 0.282. The number of aliphatic hydroxyl groups excluding tert-OH is 1. The van der Waals surface area contributed by atoms with Gasteiger partial charge in [0.15, 0.2) is 0 Å². The fourth-order valence-electron chi connectivity index (χ4n) is 2.25. The van der Waals surface area contributed by atoms with E-state index in [0.717, 1.165) is 36.5 Å². The maximum atomic E-state index is 9.46. The number of halogens is 1. The van der Waals surface area contributed by atoms with Crippen LogP contribution in [0.2, 0.25) is 5.02 Å². The third-order valence-corrected chi connectivity index (χ3v) is 5.00. The number of rotatable bonds is 2. The summed E-state index contributed by atoms with van der Waals surface area (Å²) in [7, 11) is 0. The Morgan fingerprint density at radius 1 is 1.39 bits per heavy atom. The third kappa shape index (κ3) is 3.34. The number of anilines is 1. The quantitative estimate of drug-likeness (QED) is 0.899. The second-order valence-corrected chi connectivity index (χ2v) is 7.51. The zero-order valence-electron chi connectivity index (χ0n) is 10.9. The van der Waals surface area contributed by atoms with Gasteiger partial charge in [-0.05, 0) is 24.6 Å². The number of nitrogens with zero attached hydrogens (tertiary/aromatic N) is 1. The molecule has 0 aromatic heterocycles. The van der Waals surface area contributed by atoms with E-state index in [1.165, 1.54) is 0 Å². The SMILES string of the molecule is CC1(C)CCN(c2ccc(Cl)cc2CO)CCS1. The molecule has 0 bridgehead atoms. The minimum atomic E-state index is 0.0446. The van der Waals surface area contributed by atoms with Crippen LogP contribution < -0.4 is 4.90 Å². The summed E-state index contributed by atoms with van der Waals surface area (Å²) in [5.41, 5.74) is 2.05. The van der Waals surface area contributed by atoms with Gasteiger partial charge in [-0.1, -0.05) is 25.4 Å². The number of hydrogen-bond donors (Lipinski definition) is 1. The molecular weight excluding hydrogens is 266 g/mol. The summed E-state index contributed by atoms with van der Waals surface area (Å²) in [6.07, 6.45) is 1.16. The van der Waals surface area contributed by atoms with Crippen molar-refractivity contribution in [1.29, 1.82) is 0 Å². The molecule has 18 heavy (non-hydrogen) atoms. The van der Waals surface area contributed by atoms with Gasteiger partial charge in [0.05, 0.1) is 6.61 Å². The highest BCUT2D eigenvalue weighted by atomic mass is 35.5. The van der Waals surface area contributed by atoms with Crippen LogP contribution in [0.5, 0.6) is 0 Å². The molecule has 1 aromatic rings. The van der Waals surface area contributed by atoms with Crippen molar-refractivity contribution in [1.82, 2.24) is 0 Å². The van der Waals surface area contributed by atoms with Crippen LogP contribution in [0.3, 0.4) is 0 Å². The van der Waals surface area contributed by atoms with Crippen molar-refractivity contribution in [2.24, 2.45) is 0 Å². The van der Waals surface area contributed by atoms with E-state index in [2.05, 4.69) is 18.7 Å². The molecule has 1 N–H and O–H groups in total. The topological polar surface area (TPSA) is 23.5 Å². The molecule has 1 aliphatic rings. The minimum Gasteiger partial charge on any atom is -0.392 e. The van der Waals surface area contributed by atoms with Crippen molar-refractivity contribution in [2.75, 3.05) is 23.7 Å². The van der Waals surface area contributed by atoms with E-state index in [1.54, 1.807) is 0 Å². The van der Waals surface area contributed by atoms with Gasteiger partial charge in [-0.25, -0.2) is 0 Å². The Balaban J connectivity index is 2.21. The summed E-state index contributed by atoms with van der Waals surface area (Å²) in [5, 5.41) is 10.1. The zero-order valence-corrected chi connectivity index (χ0v) is 12.5. The molecule has 1 aliphatic heterocycles. The van der Waals surface area contributed by atoms with Crippen molar-refractivity contribution >= 4 is 29.1 Å². The molecule has 1 saturated heterocycles. The highest BCUT2D eigenvalue weighted by Crippen LogP contribution is 2.33. The average molecular weight is 286 g/mol.